The molecule has 0 unspecified atom stereocenters. The largest absolute Gasteiger partial charge is 0.300 e. The van der Waals surface area contributed by atoms with E-state index in [0.29, 0.717) is 5.69 Å². The van der Waals surface area contributed by atoms with Gasteiger partial charge in [-0.05, 0) is 20.8 Å². The van der Waals surface area contributed by atoms with Crippen molar-refractivity contribution in [2.24, 2.45) is 0 Å². The van der Waals surface area contributed by atoms with Gasteiger partial charge in [-0.2, -0.15) is 0 Å². The number of nitrogens with one attached hydrogen (secondary N) is 2. The molecule has 2 aromatic heterocycles. The second-order valence-corrected chi connectivity index (χ2v) is 3.35. The summed E-state index contributed by atoms with van der Waals surface area (Å²) in [6.45, 7) is 5.63. The maximum absolute atomic E-state index is 11.5. The second kappa shape index (κ2) is 2.87. The summed E-state index contributed by atoms with van der Waals surface area (Å²) < 4.78 is 1.79. The summed E-state index contributed by atoms with van der Waals surface area (Å²) in [5.41, 5.74) is 2.21. The molecule has 2 aromatic rings. The van der Waals surface area contributed by atoms with Gasteiger partial charge >= 0.3 is 0 Å². The van der Waals surface area contributed by atoms with Crippen LogP contribution < -0.4 is 5.56 Å². The molecule has 5 heteroatoms. The van der Waals surface area contributed by atoms with E-state index in [9.17, 15) is 4.79 Å². The van der Waals surface area contributed by atoms with Crippen molar-refractivity contribution < 1.29 is 0 Å². The Balaban J connectivity index is 2.71. The highest BCUT2D eigenvalue weighted by atomic mass is 16.1. The Bertz CT molecular complexity index is 517. The lowest BCUT2D eigenvalue weighted by Crippen LogP contribution is -2.09. The first kappa shape index (κ1) is 8.80. The molecule has 0 bridgehead atoms. The van der Waals surface area contributed by atoms with E-state index in [1.807, 2.05) is 27.0 Å². The van der Waals surface area contributed by atoms with Crippen molar-refractivity contribution in [3.8, 4) is 5.69 Å². The highest BCUT2D eigenvalue weighted by molar-refractivity contribution is 5.35. The van der Waals surface area contributed by atoms with E-state index in [0.717, 1.165) is 17.2 Å². The second-order valence-electron chi connectivity index (χ2n) is 3.35. The van der Waals surface area contributed by atoms with Gasteiger partial charge < -0.3 is 5.10 Å². The number of hydrogen-bond acceptors (Lipinski definition) is 2. The van der Waals surface area contributed by atoms with Crippen LogP contribution in [-0.4, -0.2) is 19.7 Å². The van der Waals surface area contributed by atoms with E-state index < -0.39 is 0 Å². The van der Waals surface area contributed by atoms with Crippen LogP contribution in [0.25, 0.3) is 5.69 Å². The van der Waals surface area contributed by atoms with Crippen LogP contribution in [0.5, 0.6) is 0 Å². The number of imidazole rings is 1. The summed E-state index contributed by atoms with van der Waals surface area (Å²) in [4.78, 5) is 15.7. The number of aromatic amines is 2. The van der Waals surface area contributed by atoms with Crippen LogP contribution in [0.4, 0.5) is 0 Å². The first-order chi connectivity index (χ1) is 6.59. The SMILES string of the molecule is Cc1cn(-c2c(C)[nH][nH]c2=O)c(C)n1. The smallest absolute Gasteiger partial charge is 0.288 e. The fraction of sp³-hybridized carbons (Fsp3) is 0.333. The molecule has 2 heterocycles. The third-order valence-electron chi connectivity index (χ3n) is 2.18. The van der Waals surface area contributed by atoms with E-state index in [2.05, 4.69) is 15.2 Å². The van der Waals surface area contributed by atoms with Crippen molar-refractivity contribution in [3.05, 3.63) is 33.8 Å². The molecule has 0 aliphatic rings. The van der Waals surface area contributed by atoms with Crippen molar-refractivity contribution in [3.63, 3.8) is 0 Å². The Hall–Kier alpha value is -1.78. The topological polar surface area (TPSA) is 66.5 Å². The van der Waals surface area contributed by atoms with E-state index in [-0.39, 0.29) is 5.56 Å². The highest BCUT2D eigenvalue weighted by Crippen LogP contribution is 2.10. The number of aromatic nitrogens is 4. The zero-order valence-electron chi connectivity index (χ0n) is 8.38. The van der Waals surface area contributed by atoms with E-state index in [4.69, 9.17) is 0 Å². The average molecular weight is 192 g/mol. The lowest BCUT2D eigenvalue weighted by atomic mass is 10.4. The van der Waals surface area contributed by atoms with Gasteiger partial charge in [0.1, 0.15) is 11.5 Å². The average Bonchev–Trinajstić information content (AvgIpc) is 2.57. The lowest BCUT2D eigenvalue weighted by Gasteiger charge is -2.00. The predicted molar refractivity (Wildman–Crippen MR) is 52.7 cm³/mol. The third-order valence-corrected chi connectivity index (χ3v) is 2.18. The Kier molecular flexibility index (Phi) is 1.80. The Morgan fingerprint density at radius 3 is 2.43 bits per heavy atom. The first-order valence-electron chi connectivity index (χ1n) is 4.40. The Morgan fingerprint density at radius 2 is 2.00 bits per heavy atom. The van der Waals surface area contributed by atoms with Gasteiger partial charge in [0.15, 0.2) is 0 Å². The molecular formula is C9H12N4O. The molecule has 0 spiro atoms. The molecule has 0 aliphatic carbocycles. The summed E-state index contributed by atoms with van der Waals surface area (Å²) >= 11 is 0. The Morgan fingerprint density at radius 1 is 1.29 bits per heavy atom. The fourth-order valence-corrected chi connectivity index (χ4v) is 1.57. The number of H-pyrrole nitrogens is 2. The van der Waals surface area contributed by atoms with Crippen LogP contribution in [0, 0.1) is 20.8 Å². The minimum Gasteiger partial charge on any atom is -0.300 e. The van der Waals surface area contributed by atoms with Crippen molar-refractivity contribution >= 4 is 0 Å². The van der Waals surface area contributed by atoms with Crippen molar-refractivity contribution in [2.45, 2.75) is 20.8 Å². The third kappa shape index (κ3) is 1.17. The van der Waals surface area contributed by atoms with E-state index in [1.54, 1.807) is 4.57 Å². The minimum atomic E-state index is -0.122. The maximum Gasteiger partial charge on any atom is 0.288 e. The molecule has 0 atom stereocenters. The van der Waals surface area contributed by atoms with Crippen LogP contribution in [0.2, 0.25) is 0 Å². The summed E-state index contributed by atoms with van der Waals surface area (Å²) in [5.74, 6) is 0.815. The molecule has 0 saturated carbocycles. The quantitative estimate of drug-likeness (QED) is 0.702. The normalized spacial score (nSPS) is 10.8. The minimum absolute atomic E-state index is 0.122. The van der Waals surface area contributed by atoms with Crippen LogP contribution >= 0.6 is 0 Å². The molecule has 0 fully saturated rings. The van der Waals surface area contributed by atoms with Gasteiger partial charge in [-0.25, -0.2) is 4.98 Å². The molecule has 0 radical (unpaired) electrons. The molecule has 0 saturated heterocycles. The van der Waals surface area contributed by atoms with Gasteiger partial charge in [0, 0.05) is 6.20 Å². The molecule has 0 amide bonds. The molecule has 5 nitrogen and oxygen atoms in total. The molecule has 0 aliphatic heterocycles. The van der Waals surface area contributed by atoms with Gasteiger partial charge in [0.2, 0.25) is 0 Å². The van der Waals surface area contributed by atoms with Crippen LogP contribution in [-0.2, 0) is 0 Å². The monoisotopic (exact) mass is 192 g/mol. The lowest BCUT2D eigenvalue weighted by molar-refractivity contribution is 0.957. The van der Waals surface area contributed by atoms with Crippen molar-refractivity contribution in [1.82, 2.24) is 19.7 Å². The summed E-state index contributed by atoms with van der Waals surface area (Å²) in [7, 11) is 0. The van der Waals surface area contributed by atoms with Crippen molar-refractivity contribution in [2.75, 3.05) is 0 Å². The summed E-state index contributed by atoms with van der Waals surface area (Å²) in [6, 6.07) is 0. The number of hydrogen-bond donors (Lipinski definition) is 2. The summed E-state index contributed by atoms with van der Waals surface area (Å²) in [5, 5.41) is 5.33. The molecular weight excluding hydrogens is 180 g/mol. The zero-order valence-corrected chi connectivity index (χ0v) is 8.38. The first-order valence-corrected chi connectivity index (χ1v) is 4.40. The molecule has 74 valence electrons. The van der Waals surface area contributed by atoms with Crippen LogP contribution in [0.3, 0.4) is 0 Å². The van der Waals surface area contributed by atoms with E-state index in [1.165, 1.54) is 0 Å². The molecule has 2 N–H and O–H groups in total. The fourth-order valence-electron chi connectivity index (χ4n) is 1.57. The highest BCUT2D eigenvalue weighted by Gasteiger charge is 2.11. The Labute approximate surface area is 80.8 Å². The summed E-state index contributed by atoms with van der Waals surface area (Å²) in [6.07, 6.45) is 1.85. The van der Waals surface area contributed by atoms with Crippen LogP contribution in [0.15, 0.2) is 11.0 Å². The van der Waals surface area contributed by atoms with Gasteiger partial charge in [0.05, 0.1) is 11.4 Å². The van der Waals surface area contributed by atoms with Gasteiger partial charge in [-0.3, -0.25) is 14.5 Å². The van der Waals surface area contributed by atoms with Gasteiger partial charge in [-0.15, -0.1) is 0 Å². The van der Waals surface area contributed by atoms with E-state index >= 15 is 0 Å². The molecule has 14 heavy (non-hydrogen) atoms. The van der Waals surface area contributed by atoms with Crippen LogP contribution in [0.1, 0.15) is 17.2 Å². The number of nitrogens with zero attached hydrogens (tertiary/aromatic N) is 2. The standard InChI is InChI=1S/C9H12N4O/c1-5-4-13(7(3)10-5)8-6(2)11-12-9(8)14/h4H,1-3H3,(H2,11,12,14). The van der Waals surface area contributed by atoms with Gasteiger partial charge in [-0.1, -0.05) is 0 Å². The van der Waals surface area contributed by atoms with Crippen molar-refractivity contribution in [1.29, 1.82) is 0 Å². The molecule has 2 rings (SSSR count). The number of aryl methyl sites for hydroxylation is 3. The zero-order chi connectivity index (χ0) is 10.3. The number of rotatable bonds is 1. The maximum atomic E-state index is 11.5. The van der Waals surface area contributed by atoms with Gasteiger partial charge in [0.25, 0.3) is 5.56 Å². The predicted octanol–water partition coefficient (Wildman–Crippen LogP) is 0.814. The molecule has 0 aromatic carbocycles.